The van der Waals surface area contributed by atoms with Gasteiger partial charge in [0.15, 0.2) is 6.10 Å². The monoisotopic (exact) mass is 447 g/mol. The molecule has 0 aliphatic rings. The molecular weight excluding hydrogens is 394 g/mol. The lowest BCUT2D eigenvalue weighted by atomic mass is 10.0. The number of rotatable bonds is 21. The summed E-state index contributed by atoms with van der Waals surface area (Å²) in [5, 5.41) is 19.2. The van der Waals surface area contributed by atoms with E-state index in [1.807, 2.05) is 0 Å². The van der Waals surface area contributed by atoms with E-state index in [2.05, 4.69) is 6.92 Å². The quantitative estimate of drug-likeness (QED) is 0.141. The van der Waals surface area contributed by atoms with Crippen molar-refractivity contribution in [3.63, 3.8) is 0 Å². The van der Waals surface area contributed by atoms with E-state index >= 15 is 0 Å². The van der Waals surface area contributed by atoms with E-state index in [-0.39, 0.29) is 13.0 Å². The molecule has 0 aromatic heterocycles. The molecule has 0 bridgehead atoms. The maximum Gasteiger partial charge on any atom is 0.308 e. The van der Waals surface area contributed by atoms with E-state index in [1.165, 1.54) is 78.3 Å². The predicted molar refractivity (Wildman–Crippen MR) is 126 cm³/mol. The summed E-state index contributed by atoms with van der Waals surface area (Å²) in [6.07, 6.45) is 14.0. The fraction of sp³-hybridized carbons (Fsp3) is 0.920. The molecule has 6 heteroatoms. The lowest BCUT2D eigenvalue weighted by molar-refractivity contribution is -0.873. The molecule has 0 amide bonds. The maximum atomic E-state index is 12.2. The van der Waals surface area contributed by atoms with Crippen molar-refractivity contribution in [1.29, 1.82) is 0 Å². The molecule has 2 atom stereocenters. The van der Waals surface area contributed by atoms with Crippen molar-refractivity contribution in [1.82, 2.24) is 0 Å². The van der Waals surface area contributed by atoms with Crippen LogP contribution in [-0.2, 0) is 14.3 Å². The number of quaternary nitrogens is 1. The van der Waals surface area contributed by atoms with Gasteiger partial charge in [-0.2, -0.15) is 0 Å². The van der Waals surface area contributed by atoms with E-state index in [4.69, 9.17) is 14.0 Å². The summed E-state index contributed by atoms with van der Waals surface area (Å²) in [5.74, 6) is -1.87. The van der Waals surface area contributed by atoms with Crippen LogP contribution in [0.2, 0.25) is 0 Å². The van der Waals surface area contributed by atoms with Crippen LogP contribution in [0.1, 0.15) is 114 Å². The SMILES string of the molecule is [2H]C([2H])([2H])[N+](C)(C)C[C@@H](CC(=O)O)OC(=O)CC(O)CCCCCCCCCCCCCCC. The number of carboxylic acid groups (broad SMARTS) is 1. The summed E-state index contributed by atoms with van der Waals surface area (Å²) >= 11 is 0. The summed E-state index contributed by atoms with van der Waals surface area (Å²) in [5.41, 5.74) is 0. The molecule has 0 saturated carbocycles. The van der Waals surface area contributed by atoms with Crippen LogP contribution in [0, 0.1) is 0 Å². The summed E-state index contributed by atoms with van der Waals surface area (Å²) < 4.78 is 27.5. The zero-order valence-electron chi connectivity index (χ0n) is 23.2. The summed E-state index contributed by atoms with van der Waals surface area (Å²) in [4.78, 5) is 23.3. The second-order valence-electron chi connectivity index (χ2n) is 9.47. The molecule has 0 heterocycles. The largest absolute Gasteiger partial charge is 0.481 e. The van der Waals surface area contributed by atoms with Crippen LogP contribution in [-0.4, -0.2) is 66.5 Å². The molecule has 0 spiro atoms. The maximum absolute atomic E-state index is 12.2. The number of ether oxygens (including phenoxy) is 1. The van der Waals surface area contributed by atoms with Gasteiger partial charge in [0.25, 0.3) is 0 Å². The first-order chi connectivity index (χ1) is 15.9. The van der Waals surface area contributed by atoms with Crippen molar-refractivity contribution in [2.24, 2.45) is 0 Å². The number of esters is 1. The molecule has 0 fully saturated rings. The molecule has 2 N–H and O–H groups in total. The van der Waals surface area contributed by atoms with Gasteiger partial charge < -0.3 is 19.4 Å². The Morgan fingerprint density at radius 2 is 1.35 bits per heavy atom. The first kappa shape index (κ1) is 24.5. The van der Waals surface area contributed by atoms with Crippen molar-refractivity contribution in [2.75, 3.05) is 27.6 Å². The molecule has 0 aliphatic heterocycles. The molecule has 0 aromatic carbocycles. The van der Waals surface area contributed by atoms with Crippen LogP contribution in [0.15, 0.2) is 0 Å². The van der Waals surface area contributed by atoms with E-state index in [0.717, 1.165) is 19.3 Å². The highest BCUT2D eigenvalue weighted by Crippen LogP contribution is 2.15. The third kappa shape index (κ3) is 21.9. The third-order valence-corrected chi connectivity index (χ3v) is 5.40. The average Bonchev–Trinajstić information content (AvgIpc) is 2.69. The van der Waals surface area contributed by atoms with E-state index in [9.17, 15) is 14.7 Å². The lowest BCUT2D eigenvalue weighted by Gasteiger charge is -2.28. The summed E-state index contributed by atoms with van der Waals surface area (Å²) in [6, 6.07) is 0. The molecule has 0 saturated heterocycles. The van der Waals surface area contributed by atoms with Gasteiger partial charge in [0.2, 0.25) is 0 Å². The van der Waals surface area contributed by atoms with Gasteiger partial charge in [-0.05, 0) is 6.42 Å². The van der Waals surface area contributed by atoms with Crippen LogP contribution in [0.4, 0.5) is 0 Å². The van der Waals surface area contributed by atoms with Crippen LogP contribution >= 0.6 is 0 Å². The Morgan fingerprint density at radius 1 is 0.871 bits per heavy atom. The molecule has 31 heavy (non-hydrogen) atoms. The Kier molecular flexibility index (Phi) is 14.6. The van der Waals surface area contributed by atoms with Gasteiger partial charge in [-0.3, -0.25) is 9.59 Å². The number of hydrogen-bond donors (Lipinski definition) is 2. The summed E-state index contributed by atoms with van der Waals surface area (Å²) in [7, 11) is 2.89. The number of nitrogens with zero attached hydrogens (tertiary/aromatic N) is 1. The Bertz CT molecular complexity index is 555. The lowest BCUT2D eigenvalue weighted by Crippen LogP contribution is -2.44. The number of carbonyl (C=O) groups excluding carboxylic acids is 1. The van der Waals surface area contributed by atoms with E-state index < -0.39 is 42.0 Å². The molecule has 6 nitrogen and oxygen atoms in total. The average molecular weight is 448 g/mol. The van der Waals surface area contributed by atoms with Crippen molar-refractivity contribution in [2.45, 2.75) is 122 Å². The molecule has 0 rings (SSSR count). The smallest absolute Gasteiger partial charge is 0.308 e. The molecule has 1 unspecified atom stereocenters. The number of carboxylic acids is 1. The van der Waals surface area contributed by atoms with Gasteiger partial charge in [-0.25, -0.2) is 0 Å². The minimum atomic E-state index is -2.36. The zero-order chi connectivity index (χ0) is 26.0. The van der Waals surface area contributed by atoms with Gasteiger partial charge in [-0.1, -0.05) is 90.4 Å². The van der Waals surface area contributed by atoms with Gasteiger partial charge in [0.1, 0.15) is 6.54 Å². The highest BCUT2D eigenvalue weighted by atomic mass is 16.5. The molecular formula is C25H50NO5+. The number of carbonyl (C=O) groups is 2. The molecule has 0 radical (unpaired) electrons. The molecule has 0 aromatic rings. The number of likely N-dealkylation sites (N-methyl/N-ethyl adjacent to an activating group) is 1. The molecule has 0 aliphatic carbocycles. The number of aliphatic carboxylic acids is 1. The topological polar surface area (TPSA) is 83.8 Å². The van der Waals surface area contributed by atoms with E-state index in [1.54, 1.807) is 0 Å². The highest BCUT2D eigenvalue weighted by Gasteiger charge is 2.25. The Balaban J connectivity index is 4.00. The Morgan fingerprint density at radius 3 is 1.81 bits per heavy atom. The van der Waals surface area contributed by atoms with Crippen molar-refractivity contribution in [3.05, 3.63) is 0 Å². The minimum absolute atomic E-state index is 0.149. The number of aliphatic hydroxyl groups excluding tert-OH is 1. The fourth-order valence-corrected chi connectivity index (χ4v) is 3.77. The third-order valence-electron chi connectivity index (χ3n) is 5.40. The van der Waals surface area contributed by atoms with Crippen molar-refractivity contribution in [3.8, 4) is 0 Å². The van der Waals surface area contributed by atoms with Crippen LogP contribution < -0.4 is 0 Å². The fourth-order valence-electron chi connectivity index (χ4n) is 3.77. The minimum Gasteiger partial charge on any atom is -0.481 e. The number of hydrogen-bond acceptors (Lipinski definition) is 4. The normalized spacial score (nSPS) is 15.5. The standard InChI is InChI=1S/C25H49NO5/c1-5-6-7-8-9-10-11-12-13-14-15-16-17-18-22(27)19-25(30)31-23(20-24(28)29)21-26(2,3)4/h22-23,27H,5-21H2,1-4H3/p+1/t22?,23-/m1/s1/i2D3. The number of unbranched alkanes of at least 4 members (excludes halogenated alkanes) is 12. The number of aliphatic hydroxyl groups is 1. The second kappa shape index (κ2) is 18.4. The molecule has 184 valence electrons. The van der Waals surface area contributed by atoms with Crippen LogP contribution in [0.3, 0.4) is 0 Å². The highest BCUT2D eigenvalue weighted by molar-refractivity contribution is 5.71. The van der Waals surface area contributed by atoms with Crippen molar-refractivity contribution >= 4 is 11.9 Å². The zero-order valence-corrected chi connectivity index (χ0v) is 20.2. The summed E-state index contributed by atoms with van der Waals surface area (Å²) in [6.45, 7) is -0.275. The second-order valence-corrected chi connectivity index (χ2v) is 9.47. The first-order valence-electron chi connectivity index (χ1n) is 13.8. The van der Waals surface area contributed by atoms with Crippen LogP contribution in [0.25, 0.3) is 0 Å². The van der Waals surface area contributed by atoms with Gasteiger partial charge in [0, 0.05) is 0 Å². The van der Waals surface area contributed by atoms with E-state index in [0.29, 0.717) is 6.42 Å². The van der Waals surface area contributed by atoms with Gasteiger partial charge in [-0.15, -0.1) is 0 Å². The van der Waals surface area contributed by atoms with Crippen molar-refractivity contribution < 1.29 is 33.1 Å². The first-order valence-corrected chi connectivity index (χ1v) is 12.3. The predicted octanol–water partition coefficient (Wildman–Crippen LogP) is 5.31. The Labute approximate surface area is 195 Å². The van der Waals surface area contributed by atoms with Gasteiger partial charge in [0.05, 0.1) is 44.1 Å². The van der Waals surface area contributed by atoms with Gasteiger partial charge >= 0.3 is 11.9 Å². The Hall–Kier alpha value is -1.14. The van der Waals surface area contributed by atoms with Crippen LogP contribution in [0.5, 0.6) is 0 Å².